The zero-order valence-electron chi connectivity index (χ0n) is 4.30. The van der Waals surface area contributed by atoms with Crippen molar-refractivity contribution in [2.45, 2.75) is 12.8 Å². The van der Waals surface area contributed by atoms with Gasteiger partial charge in [0, 0.05) is 12.0 Å². The fourth-order valence-electron chi connectivity index (χ4n) is 0.270. The van der Waals surface area contributed by atoms with Crippen LogP contribution in [0.4, 0.5) is 0 Å². The molecule has 0 aromatic rings. The number of carbonyl (C=O) groups is 1. The minimum Gasteiger partial charge on any atom is -0.481 e. The van der Waals surface area contributed by atoms with Crippen LogP contribution in [0.2, 0.25) is 0 Å². The predicted octanol–water partition coefficient (Wildman–Crippen LogP) is 1.60. The van der Waals surface area contributed by atoms with E-state index in [2.05, 4.69) is 0 Å². The Kier molecular flexibility index (Phi) is 4.36. The van der Waals surface area contributed by atoms with Crippen molar-refractivity contribution in [2.24, 2.45) is 0 Å². The summed E-state index contributed by atoms with van der Waals surface area (Å²) in [5, 5.41) is 8.06. The molecule has 0 spiro atoms. The lowest BCUT2D eigenvalue weighted by Gasteiger charge is -1.83. The third-order valence-corrected chi connectivity index (χ3v) is 0.792. The molecule has 0 aliphatic carbocycles. The van der Waals surface area contributed by atoms with E-state index in [-0.39, 0.29) is 6.42 Å². The topological polar surface area (TPSA) is 37.3 Å². The molecule has 1 N–H and O–H groups in total. The van der Waals surface area contributed by atoms with Gasteiger partial charge in [-0.2, -0.15) is 0 Å². The smallest absolute Gasteiger partial charge is 0.303 e. The molecule has 0 aliphatic heterocycles. The molecule has 0 aromatic carbocycles. The van der Waals surface area contributed by atoms with E-state index >= 15 is 0 Å². The quantitative estimate of drug-likeness (QED) is 0.637. The Morgan fingerprint density at radius 2 is 2.38 bits per heavy atom. The number of allylic oxidation sites excluding steroid dienone is 1. The zero-order chi connectivity index (χ0) is 6.41. The van der Waals surface area contributed by atoms with Gasteiger partial charge < -0.3 is 5.11 Å². The fraction of sp³-hybridized carbons (Fsp3) is 0.400. The van der Waals surface area contributed by atoms with Crippen LogP contribution in [0.3, 0.4) is 0 Å². The summed E-state index contributed by atoms with van der Waals surface area (Å²) >= 11 is 5.11. The van der Waals surface area contributed by atoms with E-state index in [1.54, 1.807) is 6.08 Å². The molecule has 0 heterocycles. The monoisotopic (exact) mass is 134 g/mol. The number of rotatable bonds is 3. The van der Waals surface area contributed by atoms with Gasteiger partial charge in [-0.1, -0.05) is 17.7 Å². The van der Waals surface area contributed by atoms with E-state index in [4.69, 9.17) is 16.7 Å². The van der Waals surface area contributed by atoms with E-state index in [9.17, 15) is 4.79 Å². The molecule has 0 bridgehead atoms. The molecule has 46 valence electrons. The van der Waals surface area contributed by atoms with Gasteiger partial charge in [-0.05, 0) is 6.42 Å². The minimum atomic E-state index is -0.792. The molecule has 0 fully saturated rings. The molecule has 0 saturated heterocycles. The number of carboxylic acid groups (broad SMARTS) is 1. The first kappa shape index (κ1) is 7.50. The molecule has 0 rings (SSSR count). The van der Waals surface area contributed by atoms with Gasteiger partial charge in [-0.15, -0.1) is 0 Å². The standard InChI is InChI=1S/C5H7ClO2/c6-4-2-1-3-5(7)8/h2,4H,1,3H2,(H,7,8)/b4-2+. The minimum absolute atomic E-state index is 0.156. The van der Waals surface area contributed by atoms with Crippen molar-refractivity contribution in [1.29, 1.82) is 0 Å². The molecule has 2 nitrogen and oxygen atoms in total. The van der Waals surface area contributed by atoms with Gasteiger partial charge in [0.2, 0.25) is 0 Å². The average molecular weight is 135 g/mol. The van der Waals surface area contributed by atoms with Crippen LogP contribution in [-0.4, -0.2) is 11.1 Å². The van der Waals surface area contributed by atoms with Crippen LogP contribution < -0.4 is 0 Å². The first-order chi connectivity index (χ1) is 3.77. The van der Waals surface area contributed by atoms with Crippen LogP contribution in [0.15, 0.2) is 11.6 Å². The van der Waals surface area contributed by atoms with Gasteiger partial charge in [0.15, 0.2) is 0 Å². The van der Waals surface area contributed by atoms with E-state index in [0.29, 0.717) is 6.42 Å². The number of hydrogen-bond acceptors (Lipinski definition) is 1. The van der Waals surface area contributed by atoms with Crippen LogP contribution in [0.25, 0.3) is 0 Å². The summed E-state index contributed by atoms with van der Waals surface area (Å²) in [6.07, 6.45) is 2.28. The molecule has 0 unspecified atom stereocenters. The predicted molar refractivity (Wildman–Crippen MR) is 31.9 cm³/mol. The molecular formula is C5H7ClO2. The second-order valence-electron chi connectivity index (χ2n) is 1.29. The highest BCUT2D eigenvalue weighted by molar-refractivity contribution is 6.25. The normalized spacial score (nSPS) is 10.1. The number of hydrogen-bond donors (Lipinski definition) is 1. The highest BCUT2D eigenvalue weighted by Crippen LogP contribution is 1.90. The Hall–Kier alpha value is -0.500. The van der Waals surface area contributed by atoms with Crippen molar-refractivity contribution in [2.75, 3.05) is 0 Å². The van der Waals surface area contributed by atoms with Crippen molar-refractivity contribution < 1.29 is 9.90 Å². The first-order valence-electron chi connectivity index (χ1n) is 2.24. The average Bonchev–Trinajstić information content (AvgIpc) is 1.66. The highest BCUT2D eigenvalue weighted by Gasteiger charge is 1.90. The summed E-state index contributed by atoms with van der Waals surface area (Å²) in [6, 6.07) is 0. The largest absolute Gasteiger partial charge is 0.481 e. The maximum Gasteiger partial charge on any atom is 0.303 e. The van der Waals surface area contributed by atoms with Gasteiger partial charge in [-0.25, -0.2) is 0 Å². The number of aliphatic carboxylic acids is 1. The lowest BCUT2D eigenvalue weighted by molar-refractivity contribution is -0.136. The lowest BCUT2D eigenvalue weighted by Crippen LogP contribution is -1.91. The Morgan fingerprint density at radius 1 is 1.75 bits per heavy atom. The fourth-order valence-corrected chi connectivity index (χ4v) is 0.396. The zero-order valence-corrected chi connectivity index (χ0v) is 5.06. The summed E-state index contributed by atoms with van der Waals surface area (Å²) in [5.74, 6) is -0.792. The van der Waals surface area contributed by atoms with Crippen molar-refractivity contribution in [3.63, 3.8) is 0 Å². The Balaban J connectivity index is 3.05. The second-order valence-corrected chi connectivity index (χ2v) is 1.55. The SMILES string of the molecule is O=C(O)CC/C=C/Cl. The maximum atomic E-state index is 9.80. The summed E-state index contributed by atoms with van der Waals surface area (Å²) in [6.45, 7) is 0. The van der Waals surface area contributed by atoms with Crippen molar-refractivity contribution in [3.05, 3.63) is 11.6 Å². The van der Waals surface area contributed by atoms with E-state index in [1.807, 2.05) is 0 Å². The van der Waals surface area contributed by atoms with E-state index in [0.717, 1.165) is 0 Å². The lowest BCUT2D eigenvalue weighted by atomic mass is 10.3. The summed E-state index contributed by atoms with van der Waals surface area (Å²) in [4.78, 5) is 9.80. The van der Waals surface area contributed by atoms with E-state index in [1.165, 1.54) is 5.54 Å². The first-order valence-corrected chi connectivity index (χ1v) is 2.68. The molecule has 0 atom stereocenters. The maximum absolute atomic E-state index is 9.80. The number of halogens is 1. The van der Waals surface area contributed by atoms with Crippen molar-refractivity contribution in [1.82, 2.24) is 0 Å². The number of carboxylic acids is 1. The summed E-state index contributed by atoms with van der Waals surface area (Å²) in [5.41, 5.74) is 1.32. The van der Waals surface area contributed by atoms with Gasteiger partial charge >= 0.3 is 5.97 Å². The van der Waals surface area contributed by atoms with Gasteiger partial charge in [0.1, 0.15) is 0 Å². The molecule has 0 saturated carbocycles. The Labute approximate surface area is 52.8 Å². The molecule has 0 radical (unpaired) electrons. The Bertz CT molecular complexity index is 98.6. The molecule has 0 aromatic heterocycles. The van der Waals surface area contributed by atoms with Crippen LogP contribution >= 0.6 is 11.6 Å². The van der Waals surface area contributed by atoms with Crippen LogP contribution in [0, 0.1) is 0 Å². The van der Waals surface area contributed by atoms with Gasteiger partial charge in [-0.3, -0.25) is 4.79 Å². The Morgan fingerprint density at radius 3 is 2.75 bits per heavy atom. The van der Waals surface area contributed by atoms with Crippen molar-refractivity contribution >= 4 is 17.6 Å². The summed E-state index contributed by atoms with van der Waals surface area (Å²) < 4.78 is 0. The summed E-state index contributed by atoms with van der Waals surface area (Å²) in [7, 11) is 0. The van der Waals surface area contributed by atoms with Crippen LogP contribution in [-0.2, 0) is 4.79 Å². The van der Waals surface area contributed by atoms with E-state index < -0.39 is 5.97 Å². The third kappa shape index (κ3) is 5.50. The molecule has 0 aliphatic rings. The third-order valence-electron chi connectivity index (χ3n) is 0.614. The second kappa shape index (κ2) is 4.65. The molecular weight excluding hydrogens is 128 g/mol. The van der Waals surface area contributed by atoms with Crippen LogP contribution in [0.5, 0.6) is 0 Å². The van der Waals surface area contributed by atoms with Gasteiger partial charge in [0.25, 0.3) is 0 Å². The molecule has 3 heteroatoms. The molecule has 0 amide bonds. The molecule has 8 heavy (non-hydrogen) atoms. The van der Waals surface area contributed by atoms with Gasteiger partial charge in [0.05, 0.1) is 0 Å². The van der Waals surface area contributed by atoms with Crippen LogP contribution in [0.1, 0.15) is 12.8 Å². The van der Waals surface area contributed by atoms with Crippen molar-refractivity contribution in [3.8, 4) is 0 Å². The highest BCUT2D eigenvalue weighted by atomic mass is 35.5.